The summed E-state index contributed by atoms with van der Waals surface area (Å²) in [6.07, 6.45) is 0.703. The number of hydrogen-bond acceptors (Lipinski definition) is 5. The van der Waals surface area contributed by atoms with Crippen molar-refractivity contribution < 1.29 is 24.4 Å². The Morgan fingerprint density at radius 3 is 2.35 bits per heavy atom. The quantitative estimate of drug-likeness (QED) is 0.551. The van der Waals surface area contributed by atoms with Gasteiger partial charge in [0.05, 0.1) is 10.3 Å². The van der Waals surface area contributed by atoms with E-state index in [0.29, 0.717) is 12.8 Å². The summed E-state index contributed by atoms with van der Waals surface area (Å²) >= 11 is 0. The minimum Gasteiger partial charge on any atom is -0.481 e. The zero-order valence-electron chi connectivity index (χ0n) is 14.7. The molecule has 140 valence electrons. The van der Waals surface area contributed by atoms with Gasteiger partial charge in [-0.3, -0.25) is 35.3 Å². The highest BCUT2D eigenvalue weighted by atomic mass is 16.6. The van der Waals surface area contributed by atoms with Gasteiger partial charge in [0.2, 0.25) is 5.91 Å². The van der Waals surface area contributed by atoms with E-state index in [1.54, 1.807) is 20.8 Å². The number of nitro benzene ring substituents is 1. The molecular weight excluding hydrogens is 342 g/mol. The standard InChI is InChI=1S/C17H21N3O6/c1-16(2)11(8-9-17(16,3)15(23)24)14(22)19-18-13(21)10-6-4-5-7-12(10)20(25)26/h4-7,11H,8-9H2,1-3H3,(H,18,21)(H,19,22)(H,23,24)/t11-,17-/m1/s1. The first-order valence-corrected chi connectivity index (χ1v) is 8.09. The van der Waals surface area contributed by atoms with E-state index in [-0.39, 0.29) is 11.3 Å². The summed E-state index contributed by atoms with van der Waals surface area (Å²) in [6, 6.07) is 5.37. The van der Waals surface area contributed by atoms with Crippen LogP contribution in [0.2, 0.25) is 0 Å². The van der Waals surface area contributed by atoms with Gasteiger partial charge in [0, 0.05) is 12.0 Å². The molecule has 0 radical (unpaired) electrons. The molecular formula is C17H21N3O6. The first kappa shape index (κ1) is 19.4. The maximum absolute atomic E-state index is 12.5. The summed E-state index contributed by atoms with van der Waals surface area (Å²) in [7, 11) is 0. The van der Waals surface area contributed by atoms with Crippen molar-refractivity contribution >= 4 is 23.5 Å². The summed E-state index contributed by atoms with van der Waals surface area (Å²) in [5.74, 6) is -2.93. The van der Waals surface area contributed by atoms with Gasteiger partial charge in [-0.1, -0.05) is 26.0 Å². The zero-order chi connectivity index (χ0) is 19.7. The van der Waals surface area contributed by atoms with Crippen LogP contribution in [-0.4, -0.2) is 27.8 Å². The van der Waals surface area contributed by atoms with Crippen molar-refractivity contribution in [1.82, 2.24) is 10.9 Å². The summed E-state index contributed by atoms with van der Waals surface area (Å²) in [6.45, 7) is 5.03. The van der Waals surface area contributed by atoms with E-state index in [0.717, 1.165) is 0 Å². The van der Waals surface area contributed by atoms with Gasteiger partial charge in [-0.2, -0.15) is 0 Å². The average molecular weight is 363 g/mol. The first-order valence-electron chi connectivity index (χ1n) is 8.09. The maximum atomic E-state index is 12.5. The van der Waals surface area contributed by atoms with Gasteiger partial charge < -0.3 is 5.11 Å². The van der Waals surface area contributed by atoms with Gasteiger partial charge >= 0.3 is 5.97 Å². The number of carboxylic acid groups (broad SMARTS) is 1. The Morgan fingerprint density at radius 2 is 1.81 bits per heavy atom. The number of carbonyl (C=O) groups excluding carboxylic acids is 2. The first-order chi connectivity index (χ1) is 12.0. The third-order valence-electron chi connectivity index (χ3n) is 5.66. The van der Waals surface area contributed by atoms with E-state index < -0.39 is 39.5 Å². The van der Waals surface area contributed by atoms with E-state index in [4.69, 9.17) is 0 Å². The third-order valence-corrected chi connectivity index (χ3v) is 5.66. The molecule has 1 aliphatic carbocycles. The van der Waals surface area contributed by atoms with Crippen LogP contribution in [0.4, 0.5) is 5.69 Å². The molecule has 1 aliphatic rings. The Labute approximate surface area is 149 Å². The van der Waals surface area contributed by atoms with Gasteiger partial charge in [-0.25, -0.2) is 0 Å². The average Bonchev–Trinajstić information content (AvgIpc) is 2.83. The highest BCUT2D eigenvalue weighted by Crippen LogP contribution is 2.56. The SMILES string of the molecule is CC1(C)[C@@H](C(=O)NNC(=O)c2ccccc2[N+](=O)[O-])CC[C@]1(C)C(=O)O. The Bertz CT molecular complexity index is 776. The van der Waals surface area contributed by atoms with Gasteiger partial charge in [-0.05, 0) is 31.2 Å². The number of para-hydroxylation sites is 1. The monoisotopic (exact) mass is 363 g/mol. The van der Waals surface area contributed by atoms with E-state index in [9.17, 15) is 29.6 Å². The number of benzene rings is 1. The smallest absolute Gasteiger partial charge is 0.309 e. The molecule has 1 aromatic rings. The summed E-state index contributed by atoms with van der Waals surface area (Å²) in [5.41, 5.74) is 2.00. The van der Waals surface area contributed by atoms with Crippen molar-refractivity contribution in [2.24, 2.45) is 16.7 Å². The minimum absolute atomic E-state index is 0.182. The van der Waals surface area contributed by atoms with E-state index in [1.807, 2.05) is 0 Å². The molecule has 3 N–H and O–H groups in total. The molecule has 2 atom stereocenters. The highest BCUT2D eigenvalue weighted by molar-refractivity contribution is 5.99. The molecule has 0 spiro atoms. The summed E-state index contributed by atoms with van der Waals surface area (Å²) < 4.78 is 0. The molecule has 0 saturated heterocycles. The fourth-order valence-electron chi connectivity index (χ4n) is 3.44. The van der Waals surface area contributed by atoms with E-state index in [2.05, 4.69) is 10.9 Å². The van der Waals surface area contributed by atoms with Crippen molar-refractivity contribution in [3.05, 3.63) is 39.9 Å². The zero-order valence-corrected chi connectivity index (χ0v) is 14.7. The number of aliphatic carboxylic acids is 1. The topological polar surface area (TPSA) is 139 Å². The third kappa shape index (κ3) is 3.12. The Morgan fingerprint density at radius 1 is 1.19 bits per heavy atom. The minimum atomic E-state index is -1.06. The number of rotatable bonds is 4. The molecule has 0 bridgehead atoms. The normalized spacial score (nSPS) is 23.9. The molecule has 2 rings (SSSR count). The fraction of sp³-hybridized carbons (Fsp3) is 0.471. The van der Waals surface area contributed by atoms with Crippen molar-refractivity contribution in [2.45, 2.75) is 33.6 Å². The number of carboxylic acids is 1. The number of carbonyl (C=O) groups is 3. The number of amides is 2. The van der Waals surface area contributed by atoms with Gasteiger partial charge in [0.25, 0.3) is 11.6 Å². The molecule has 0 heterocycles. The second-order valence-corrected chi connectivity index (χ2v) is 7.17. The van der Waals surface area contributed by atoms with Crippen molar-refractivity contribution in [3.63, 3.8) is 0 Å². The number of nitro groups is 1. The molecule has 26 heavy (non-hydrogen) atoms. The van der Waals surface area contributed by atoms with Crippen molar-refractivity contribution in [3.8, 4) is 0 Å². The predicted octanol–water partition coefficient (Wildman–Crippen LogP) is 1.88. The molecule has 0 unspecified atom stereocenters. The number of hydrogen-bond donors (Lipinski definition) is 3. The molecule has 9 heteroatoms. The van der Waals surface area contributed by atoms with Gasteiger partial charge in [-0.15, -0.1) is 0 Å². The molecule has 1 aromatic carbocycles. The lowest BCUT2D eigenvalue weighted by Gasteiger charge is -2.37. The van der Waals surface area contributed by atoms with Crippen LogP contribution in [0.5, 0.6) is 0 Å². The Hall–Kier alpha value is -2.97. The van der Waals surface area contributed by atoms with Crippen LogP contribution in [0.3, 0.4) is 0 Å². The summed E-state index contributed by atoms with van der Waals surface area (Å²) in [5, 5.41) is 20.5. The second-order valence-electron chi connectivity index (χ2n) is 7.17. The second kappa shape index (κ2) is 6.74. The number of nitrogens with zero attached hydrogens (tertiary/aromatic N) is 1. The predicted molar refractivity (Wildman–Crippen MR) is 91.0 cm³/mol. The fourth-order valence-corrected chi connectivity index (χ4v) is 3.44. The molecule has 1 fully saturated rings. The lowest BCUT2D eigenvalue weighted by atomic mass is 9.65. The lowest BCUT2D eigenvalue weighted by Crippen LogP contribution is -2.49. The van der Waals surface area contributed by atoms with Gasteiger partial charge in [0.1, 0.15) is 5.56 Å². The van der Waals surface area contributed by atoms with Crippen LogP contribution >= 0.6 is 0 Å². The largest absolute Gasteiger partial charge is 0.481 e. The number of nitrogens with one attached hydrogen (secondary N) is 2. The van der Waals surface area contributed by atoms with Crippen LogP contribution < -0.4 is 10.9 Å². The maximum Gasteiger partial charge on any atom is 0.309 e. The molecule has 0 aliphatic heterocycles. The Kier molecular flexibility index (Phi) is 5.02. The van der Waals surface area contributed by atoms with E-state index in [1.165, 1.54) is 24.3 Å². The van der Waals surface area contributed by atoms with Crippen LogP contribution in [0.1, 0.15) is 44.0 Å². The Balaban J connectivity index is 2.09. The number of hydrazine groups is 1. The van der Waals surface area contributed by atoms with Crippen LogP contribution in [-0.2, 0) is 9.59 Å². The summed E-state index contributed by atoms with van der Waals surface area (Å²) in [4.78, 5) is 46.5. The molecule has 9 nitrogen and oxygen atoms in total. The van der Waals surface area contributed by atoms with E-state index >= 15 is 0 Å². The van der Waals surface area contributed by atoms with Crippen LogP contribution in [0.25, 0.3) is 0 Å². The highest BCUT2D eigenvalue weighted by Gasteiger charge is 2.58. The molecule has 1 saturated carbocycles. The van der Waals surface area contributed by atoms with Crippen LogP contribution in [0.15, 0.2) is 24.3 Å². The van der Waals surface area contributed by atoms with Gasteiger partial charge in [0.15, 0.2) is 0 Å². The van der Waals surface area contributed by atoms with Crippen molar-refractivity contribution in [1.29, 1.82) is 0 Å². The lowest BCUT2D eigenvalue weighted by molar-refractivity contribution is -0.385. The molecule has 2 amide bonds. The molecule has 0 aromatic heterocycles. The van der Waals surface area contributed by atoms with Crippen LogP contribution in [0, 0.1) is 26.9 Å². The van der Waals surface area contributed by atoms with Crippen molar-refractivity contribution in [2.75, 3.05) is 0 Å².